The molecule has 1 aromatic rings. The predicted octanol–water partition coefficient (Wildman–Crippen LogP) is 2.27. The molecule has 4 nitrogen and oxygen atoms in total. The van der Waals surface area contributed by atoms with Crippen molar-refractivity contribution < 1.29 is 9.53 Å². The molecule has 0 aliphatic rings. The molecule has 0 spiro atoms. The number of amides is 1. The molecule has 1 aromatic carbocycles. The third-order valence-electron chi connectivity index (χ3n) is 2.87. The molecule has 0 fully saturated rings. The van der Waals surface area contributed by atoms with Gasteiger partial charge in [-0.1, -0.05) is 0 Å². The van der Waals surface area contributed by atoms with Crippen LogP contribution in [0, 0.1) is 0 Å². The summed E-state index contributed by atoms with van der Waals surface area (Å²) < 4.78 is 5.48. The van der Waals surface area contributed by atoms with E-state index in [2.05, 4.69) is 0 Å². The second-order valence-corrected chi connectivity index (χ2v) is 4.42. The van der Waals surface area contributed by atoms with Crippen LogP contribution in [0.15, 0.2) is 18.2 Å². The van der Waals surface area contributed by atoms with E-state index in [1.165, 1.54) is 0 Å². The van der Waals surface area contributed by atoms with E-state index in [0.717, 1.165) is 16.9 Å². The minimum atomic E-state index is 0.0231. The molecule has 18 heavy (non-hydrogen) atoms. The first-order valence-corrected chi connectivity index (χ1v) is 6.09. The maximum absolute atomic E-state index is 11.4. The summed E-state index contributed by atoms with van der Waals surface area (Å²) in [5.41, 5.74) is 3.10. The van der Waals surface area contributed by atoms with Crippen LogP contribution in [0.4, 0.5) is 11.4 Å². The summed E-state index contributed by atoms with van der Waals surface area (Å²) in [5, 5.41) is 0. The van der Waals surface area contributed by atoms with Gasteiger partial charge in [0.1, 0.15) is 0 Å². The number of benzene rings is 1. The fourth-order valence-electron chi connectivity index (χ4n) is 1.73. The van der Waals surface area contributed by atoms with E-state index in [1.54, 1.807) is 18.9 Å². The van der Waals surface area contributed by atoms with Gasteiger partial charge in [0.25, 0.3) is 0 Å². The highest BCUT2D eigenvalue weighted by Crippen LogP contribution is 2.25. The maximum Gasteiger partial charge on any atom is 0.223 e. The molecule has 0 bridgehead atoms. The van der Waals surface area contributed by atoms with E-state index in [9.17, 15) is 4.79 Å². The fraction of sp³-hybridized carbons (Fsp3) is 0.500. The number of hydrogen-bond donors (Lipinski definition) is 0. The van der Waals surface area contributed by atoms with Gasteiger partial charge in [-0.05, 0) is 25.1 Å². The maximum atomic E-state index is 11.4. The Morgan fingerprint density at radius 2 is 1.94 bits per heavy atom. The van der Waals surface area contributed by atoms with Gasteiger partial charge in [-0.3, -0.25) is 4.79 Å². The van der Waals surface area contributed by atoms with E-state index in [-0.39, 0.29) is 5.91 Å². The highest BCUT2D eigenvalue weighted by atomic mass is 16.5. The molecule has 0 saturated carbocycles. The van der Waals surface area contributed by atoms with Crippen LogP contribution in [-0.4, -0.2) is 33.7 Å². The van der Waals surface area contributed by atoms with Gasteiger partial charge in [-0.15, -0.1) is 0 Å². The Bertz CT molecular complexity index is 416. The van der Waals surface area contributed by atoms with Gasteiger partial charge in [-0.2, -0.15) is 0 Å². The SMILES string of the molecule is CCOCc1cc(N(C)C(C)=O)ccc1N(C)C. The number of anilines is 2. The molecule has 0 aliphatic heterocycles. The van der Waals surface area contributed by atoms with Gasteiger partial charge in [0.2, 0.25) is 5.91 Å². The zero-order valence-corrected chi connectivity index (χ0v) is 11.9. The van der Waals surface area contributed by atoms with Crippen molar-refractivity contribution in [3.8, 4) is 0 Å². The van der Waals surface area contributed by atoms with Crippen molar-refractivity contribution >= 4 is 17.3 Å². The molecule has 4 heteroatoms. The lowest BCUT2D eigenvalue weighted by atomic mass is 10.1. The van der Waals surface area contributed by atoms with E-state index in [1.807, 2.05) is 44.1 Å². The van der Waals surface area contributed by atoms with Crippen molar-refractivity contribution in [1.29, 1.82) is 0 Å². The van der Waals surface area contributed by atoms with Crippen molar-refractivity contribution in [2.45, 2.75) is 20.5 Å². The zero-order valence-electron chi connectivity index (χ0n) is 11.9. The highest BCUT2D eigenvalue weighted by molar-refractivity contribution is 5.91. The van der Waals surface area contributed by atoms with Gasteiger partial charge in [0.15, 0.2) is 0 Å². The van der Waals surface area contributed by atoms with Crippen molar-refractivity contribution in [1.82, 2.24) is 0 Å². The van der Waals surface area contributed by atoms with E-state index >= 15 is 0 Å². The number of nitrogens with zero attached hydrogens (tertiary/aromatic N) is 2. The number of rotatable bonds is 5. The van der Waals surface area contributed by atoms with Crippen LogP contribution in [0.25, 0.3) is 0 Å². The van der Waals surface area contributed by atoms with Gasteiger partial charge < -0.3 is 14.5 Å². The lowest BCUT2D eigenvalue weighted by Gasteiger charge is -2.21. The summed E-state index contributed by atoms with van der Waals surface area (Å²) in [6.07, 6.45) is 0. The average molecular weight is 250 g/mol. The van der Waals surface area contributed by atoms with Gasteiger partial charge in [0, 0.05) is 51.6 Å². The number of carbonyl (C=O) groups is 1. The molecule has 1 amide bonds. The standard InChI is InChI=1S/C14H22N2O2/c1-6-18-10-12-9-13(16(5)11(2)17)7-8-14(12)15(3)4/h7-9H,6,10H2,1-5H3. The Labute approximate surface area is 109 Å². The van der Waals surface area contributed by atoms with Crippen molar-refractivity contribution in [3.05, 3.63) is 23.8 Å². The predicted molar refractivity (Wildman–Crippen MR) is 75.2 cm³/mol. The first kappa shape index (κ1) is 14.5. The van der Waals surface area contributed by atoms with Crippen molar-refractivity contribution in [3.63, 3.8) is 0 Å². The molecular weight excluding hydrogens is 228 g/mol. The van der Waals surface area contributed by atoms with Crippen LogP contribution in [0.5, 0.6) is 0 Å². The summed E-state index contributed by atoms with van der Waals surface area (Å²) in [4.78, 5) is 15.1. The first-order chi connectivity index (χ1) is 8.47. The monoisotopic (exact) mass is 250 g/mol. The molecule has 100 valence electrons. The molecule has 0 saturated heterocycles. The van der Waals surface area contributed by atoms with Crippen LogP contribution in [-0.2, 0) is 16.1 Å². The largest absolute Gasteiger partial charge is 0.377 e. The topological polar surface area (TPSA) is 32.8 Å². The number of ether oxygens (including phenoxy) is 1. The summed E-state index contributed by atoms with van der Waals surface area (Å²) in [6.45, 7) is 4.77. The highest BCUT2D eigenvalue weighted by Gasteiger charge is 2.10. The third kappa shape index (κ3) is 3.47. The first-order valence-electron chi connectivity index (χ1n) is 6.09. The van der Waals surface area contributed by atoms with Gasteiger partial charge in [-0.25, -0.2) is 0 Å². The third-order valence-corrected chi connectivity index (χ3v) is 2.87. The van der Waals surface area contributed by atoms with Crippen LogP contribution in [0.1, 0.15) is 19.4 Å². The summed E-state index contributed by atoms with van der Waals surface area (Å²) in [6, 6.07) is 5.97. The van der Waals surface area contributed by atoms with Crippen LogP contribution >= 0.6 is 0 Å². The zero-order chi connectivity index (χ0) is 13.7. The molecule has 0 heterocycles. The second-order valence-electron chi connectivity index (χ2n) is 4.42. The minimum absolute atomic E-state index is 0.0231. The van der Waals surface area contributed by atoms with Crippen LogP contribution in [0.2, 0.25) is 0 Å². The van der Waals surface area contributed by atoms with Crippen LogP contribution < -0.4 is 9.80 Å². The Morgan fingerprint density at radius 3 is 2.44 bits per heavy atom. The lowest BCUT2D eigenvalue weighted by molar-refractivity contribution is -0.116. The fourth-order valence-corrected chi connectivity index (χ4v) is 1.73. The lowest BCUT2D eigenvalue weighted by Crippen LogP contribution is -2.23. The number of hydrogen-bond acceptors (Lipinski definition) is 3. The quantitative estimate of drug-likeness (QED) is 0.803. The van der Waals surface area contributed by atoms with Gasteiger partial charge in [0.05, 0.1) is 6.61 Å². The molecule has 0 N–H and O–H groups in total. The molecule has 0 aromatic heterocycles. The smallest absolute Gasteiger partial charge is 0.223 e. The van der Waals surface area contributed by atoms with Gasteiger partial charge >= 0.3 is 0 Å². The number of carbonyl (C=O) groups excluding carboxylic acids is 1. The summed E-state index contributed by atoms with van der Waals surface area (Å²) in [5.74, 6) is 0.0231. The molecule has 1 rings (SSSR count). The minimum Gasteiger partial charge on any atom is -0.377 e. The molecular formula is C14H22N2O2. The Hall–Kier alpha value is -1.55. The normalized spacial score (nSPS) is 10.3. The molecule has 0 radical (unpaired) electrons. The van der Waals surface area contributed by atoms with Crippen molar-refractivity contribution in [2.75, 3.05) is 37.5 Å². The van der Waals surface area contributed by atoms with E-state index in [0.29, 0.717) is 13.2 Å². The summed E-state index contributed by atoms with van der Waals surface area (Å²) >= 11 is 0. The molecule has 0 unspecified atom stereocenters. The van der Waals surface area contributed by atoms with Crippen molar-refractivity contribution in [2.24, 2.45) is 0 Å². The molecule has 0 atom stereocenters. The second kappa shape index (κ2) is 6.40. The Kier molecular flexibility index (Phi) is 5.16. The Balaban J connectivity index is 3.08. The average Bonchev–Trinajstić information content (AvgIpc) is 2.34. The van der Waals surface area contributed by atoms with E-state index < -0.39 is 0 Å². The Morgan fingerprint density at radius 1 is 1.28 bits per heavy atom. The van der Waals surface area contributed by atoms with Crippen LogP contribution in [0.3, 0.4) is 0 Å². The van der Waals surface area contributed by atoms with E-state index in [4.69, 9.17) is 4.74 Å². The molecule has 0 aliphatic carbocycles. The summed E-state index contributed by atoms with van der Waals surface area (Å²) in [7, 11) is 5.77.